The van der Waals surface area contributed by atoms with Crippen molar-refractivity contribution in [3.05, 3.63) is 60.2 Å². The highest BCUT2D eigenvalue weighted by atomic mass is 32.2. The van der Waals surface area contributed by atoms with Gasteiger partial charge in [-0.05, 0) is 44.0 Å². The van der Waals surface area contributed by atoms with Crippen LogP contribution >= 0.6 is 11.8 Å². The number of carbonyl (C=O) groups is 2. The molecule has 1 heterocycles. The van der Waals surface area contributed by atoms with E-state index in [0.717, 1.165) is 29.1 Å². The number of benzene rings is 2. The molecule has 1 saturated heterocycles. The second-order valence-corrected chi connectivity index (χ2v) is 7.63. The number of rotatable bonds is 7. The number of Topliss-reactive ketones (excluding diaryl/α,β-unsaturated/α-hetero) is 1. The molecule has 1 aliphatic rings. The zero-order chi connectivity index (χ0) is 19.1. The van der Waals surface area contributed by atoms with Crippen molar-refractivity contribution >= 4 is 23.5 Å². The summed E-state index contributed by atoms with van der Waals surface area (Å²) < 4.78 is 5.43. The lowest BCUT2D eigenvalue weighted by Gasteiger charge is -2.31. The Bertz CT molecular complexity index is 753. The van der Waals surface area contributed by atoms with Gasteiger partial charge in [-0.25, -0.2) is 0 Å². The van der Waals surface area contributed by atoms with E-state index in [1.54, 1.807) is 0 Å². The Kier molecular flexibility index (Phi) is 6.93. The van der Waals surface area contributed by atoms with Gasteiger partial charge in [-0.2, -0.15) is 0 Å². The third-order valence-electron chi connectivity index (χ3n) is 4.77. The summed E-state index contributed by atoms with van der Waals surface area (Å²) in [5.41, 5.74) is 0.772. The first-order valence-corrected chi connectivity index (χ1v) is 10.4. The van der Waals surface area contributed by atoms with Crippen molar-refractivity contribution in [1.29, 1.82) is 0 Å². The summed E-state index contributed by atoms with van der Waals surface area (Å²) in [5, 5.41) is 0. The summed E-state index contributed by atoms with van der Waals surface area (Å²) in [6.45, 7) is 3.92. The molecular formula is C22H25NO3S. The number of hydrogen-bond donors (Lipinski definition) is 0. The lowest BCUT2D eigenvalue weighted by atomic mass is 9.89. The molecule has 0 aliphatic carbocycles. The number of thioether (sulfide) groups is 1. The molecule has 1 fully saturated rings. The minimum absolute atomic E-state index is 0.0233. The van der Waals surface area contributed by atoms with Crippen molar-refractivity contribution < 1.29 is 14.3 Å². The molecular weight excluding hydrogens is 358 g/mol. The highest BCUT2D eigenvalue weighted by Crippen LogP contribution is 2.25. The summed E-state index contributed by atoms with van der Waals surface area (Å²) in [6.07, 6.45) is 1.49. The van der Waals surface area contributed by atoms with Gasteiger partial charge < -0.3 is 9.64 Å². The van der Waals surface area contributed by atoms with E-state index in [1.165, 1.54) is 11.8 Å². The molecule has 0 saturated carbocycles. The molecule has 27 heavy (non-hydrogen) atoms. The van der Waals surface area contributed by atoms with Gasteiger partial charge in [0.15, 0.2) is 5.78 Å². The van der Waals surface area contributed by atoms with Crippen LogP contribution in [0.15, 0.2) is 59.5 Å². The minimum Gasteiger partial charge on any atom is -0.494 e. The maximum Gasteiger partial charge on any atom is 0.232 e. The van der Waals surface area contributed by atoms with E-state index < -0.39 is 0 Å². The standard InChI is InChI=1S/C22H25NO3S/c1-2-26-19-8-10-20(11-9-19)27-16-21(24)23-14-12-18(13-15-23)22(25)17-6-4-3-5-7-17/h3-11,18H,2,12-16H2,1H3. The normalized spacial score (nSPS) is 14.8. The summed E-state index contributed by atoms with van der Waals surface area (Å²) in [4.78, 5) is 28.0. The molecule has 0 bridgehead atoms. The first kappa shape index (κ1) is 19.5. The van der Waals surface area contributed by atoms with Gasteiger partial charge in [0.25, 0.3) is 0 Å². The average molecular weight is 384 g/mol. The molecule has 0 unspecified atom stereocenters. The average Bonchev–Trinajstić information content (AvgIpc) is 2.73. The lowest BCUT2D eigenvalue weighted by molar-refractivity contribution is -0.129. The Labute approximate surface area is 164 Å². The van der Waals surface area contributed by atoms with Crippen molar-refractivity contribution in [1.82, 2.24) is 4.90 Å². The molecule has 0 aromatic heterocycles. The fourth-order valence-electron chi connectivity index (χ4n) is 3.26. The van der Waals surface area contributed by atoms with Crippen molar-refractivity contribution in [2.24, 2.45) is 5.92 Å². The molecule has 2 aromatic carbocycles. The van der Waals surface area contributed by atoms with Gasteiger partial charge in [0.05, 0.1) is 12.4 Å². The second-order valence-electron chi connectivity index (χ2n) is 6.58. The van der Waals surface area contributed by atoms with Crippen molar-refractivity contribution in [2.75, 3.05) is 25.4 Å². The van der Waals surface area contributed by atoms with Gasteiger partial charge in [-0.15, -0.1) is 11.8 Å². The van der Waals surface area contributed by atoms with Crippen LogP contribution in [0.5, 0.6) is 5.75 Å². The topological polar surface area (TPSA) is 46.6 Å². The van der Waals surface area contributed by atoms with Crippen LogP contribution in [0.2, 0.25) is 0 Å². The Morgan fingerprint density at radius 1 is 1.04 bits per heavy atom. The largest absolute Gasteiger partial charge is 0.494 e. The molecule has 0 atom stereocenters. The Morgan fingerprint density at radius 2 is 1.70 bits per heavy atom. The Morgan fingerprint density at radius 3 is 2.33 bits per heavy atom. The zero-order valence-corrected chi connectivity index (χ0v) is 16.4. The minimum atomic E-state index is 0.0233. The van der Waals surface area contributed by atoms with E-state index in [2.05, 4.69) is 0 Å². The van der Waals surface area contributed by atoms with Crippen LogP contribution in [0.3, 0.4) is 0 Å². The van der Waals surface area contributed by atoms with E-state index in [-0.39, 0.29) is 17.6 Å². The van der Waals surface area contributed by atoms with E-state index >= 15 is 0 Å². The van der Waals surface area contributed by atoms with E-state index in [1.807, 2.05) is 66.4 Å². The molecule has 4 nitrogen and oxygen atoms in total. The Balaban J connectivity index is 1.45. The van der Waals surface area contributed by atoms with Gasteiger partial charge in [0.1, 0.15) is 5.75 Å². The molecule has 3 rings (SSSR count). The SMILES string of the molecule is CCOc1ccc(SCC(=O)N2CCC(C(=O)c3ccccc3)CC2)cc1. The van der Waals surface area contributed by atoms with Crippen LogP contribution in [-0.4, -0.2) is 42.0 Å². The van der Waals surface area contributed by atoms with Crippen LogP contribution in [0.4, 0.5) is 0 Å². The quantitative estimate of drug-likeness (QED) is 0.528. The molecule has 0 radical (unpaired) electrons. The van der Waals surface area contributed by atoms with Gasteiger partial charge in [-0.1, -0.05) is 30.3 Å². The number of piperidine rings is 1. The first-order valence-electron chi connectivity index (χ1n) is 9.40. The molecule has 142 valence electrons. The second kappa shape index (κ2) is 9.60. The number of amides is 1. The van der Waals surface area contributed by atoms with Crippen LogP contribution in [-0.2, 0) is 4.79 Å². The van der Waals surface area contributed by atoms with E-state index in [4.69, 9.17) is 4.74 Å². The van der Waals surface area contributed by atoms with E-state index in [9.17, 15) is 9.59 Å². The first-order chi connectivity index (χ1) is 13.2. The van der Waals surface area contributed by atoms with Crippen LogP contribution in [0, 0.1) is 5.92 Å². The van der Waals surface area contributed by atoms with Gasteiger partial charge in [-0.3, -0.25) is 9.59 Å². The van der Waals surface area contributed by atoms with Gasteiger partial charge in [0.2, 0.25) is 5.91 Å². The number of carbonyl (C=O) groups excluding carboxylic acids is 2. The predicted octanol–water partition coefficient (Wildman–Crippen LogP) is 4.30. The summed E-state index contributed by atoms with van der Waals surface area (Å²) in [5.74, 6) is 1.63. The molecule has 1 aliphatic heterocycles. The third kappa shape index (κ3) is 5.36. The summed E-state index contributed by atoms with van der Waals surface area (Å²) >= 11 is 1.54. The van der Waals surface area contributed by atoms with Crippen LogP contribution in [0.25, 0.3) is 0 Å². The smallest absolute Gasteiger partial charge is 0.232 e. The van der Waals surface area contributed by atoms with Crippen molar-refractivity contribution in [2.45, 2.75) is 24.7 Å². The fraction of sp³-hybridized carbons (Fsp3) is 0.364. The van der Waals surface area contributed by atoms with Gasteiger partial charge in [0, 0.05) is 29.5 Å². The fourth-order valence-corrected chi connectivity index (χ4v) is 4.07. The number of likely N-dealkylation sites (tertiary alicyclic amines) is 1. The Hall–Kier alpha value is -2.27. The van der Waals surface area contributed by atoms with Crippen LogP contribution in [0.1, 0.15) is 30.1 Å². The maximum absolute atomic E-state index is 12.5. The zero-order valence-electron chi connectivity index (χ0n) is 15.6. The van der Waals surface area contributed by atoms with E-state index in [0.29, 0.717) is 25.4 Å². The summed E-state index contributed by atoms with van der Waals surface area (Å²) in [7, 11) is 0. The van der Waals surface area contributed by atoms with Gasteiger partial charge >= 0.3 is 0 Å². The molecule has 0 N–H and O–H groups in total. The lowest BCUT2D eigenvalue weighted by Crippen LogP contribution is -2.41. The monoisotopic (exact) mass is 383 g/mol. The summed E-state index contributed by atoms with van der Waals surface area (Å²) in [6, 6.07) is 17.3. The van der Waals surface area contributed by atoms with Crippen LogP contribution < -0.4 is 4.74 Å². The number of nitrogens with zero attached hydrogens (tertiary/aromatic N) is 1. The molecule has 0 spiro atoms. The predicted molar refractivity (Wildman–Crippen MR) is 108 cm³/mol. The molecule has 1 amide bonds. The highest BCUT2D eigenvalue weighted by molar-refractivity contribution is 8.00. The van der Waals surface area contributed by atoms with Crippen molar-refractivity contribution in [3.8, 4) is 5.75 Å². The number of ether oxygens (including phenoxy) is 1. The molecule has 2 aromatic rings. The number of ketones is 1. The maximum atomic E-state index is 12.5. The highest BCUT2D eigenvalue weighted by Gasteiger charge is 2.27. The van der Waals surface area contributed by atoms with Crippen molar-refractivity contribution in [3.63, 3.8) is 0 Å². The molecule has 5 heteroatoms. The third-order valence-corrected chi connectivity index (χ3v) is 5.77. The number of hydrogen-bond acceptors (Lipinski definition) is 4.